The maximum absolute atomic E-state index is 10.7. The molecule has 18 heavy (non-hydrogen) atoms. The summed E-state index contributed by atoms with van der Waals surface area (Å²) in [5.41, 5.74) is 1.36. The molecule has 0 bridgehead atoms. The van der Waals surface area contributed by atoms with Crippen LogP contribution in [0.4, 0.5) is 0 Å². The van der Waals surface area contributed by atoms with Crippen LogP contribution in [0.2, 0.25) is 0 Å². The molecule has 96 valence electrons. The molecule has 0 aliphatic carbocycles. The van der Waals surface area contributed by atoms with Crippen LogP contribution in [-0.2, 0) is 11.3 Å². The van der Waals surface area contributed by atoms with Gasteiger partial charge in [-0.3, -0.25) is 4.90 Å². The van der Waals surface area contributed by atoms with Gasteiger partial charge in [0, 0.05) is 19.5 Å². The Morgan fingerprint density at radius 2 is 2.11 bits per heavy atom. The summed E-state index contributed by atoms with van der Waals surface area (Å²) in [6.07, 6.45) is 4.84. The van der Waals surface area contributed by atoms with E-state index in [1.807, 2.05) is 12.1 Å². The highest BCUT2D eigenvalue weighted by Crippen LogP contribution is 2.27. The second-order valence-electron chi connectivity index (χ2n) is 5.07. The van der Waals surface area contributed by atoms with E-state index in [1.165, 1.54) is 5.56 Å². The Morgan fingerprint density at radius 3 is 2.78 bits per heavy atom. The number of carbonyl (C=O) groups is 1. The van der Waals surface area contributed by atoms with Gasteiger partial charge in [-0.05, 0) is 30.4 Å². The van der Waals surface area contributed by atoms with E-state index in [4.69, 9.17) is 0 Å². The summed E-state index contributed by atoms with van der Waals surface area (Å²) >= 11 is 0. The Morgan fingerprint density at radius 1 is 1.33 bits per heavy atom. The number of hydrogen-bond acceptors (Lipinski definition) is 2. The van der Waals surface area contributed by atoms with Crippen LogP contribution in [0.1, 0.15) is 18.4 Å². The number of carbonyl (C=O) groups excluding carboxylic acids is 1. The average Bonchev–Trinajstić information content (AvgIpc) is 2.42. The summed E-state index contributed by atoms with van der Waals surface area (Å²) in [5.74, 6) is 0.944. The van der Waals surface area contributed by atoms with Crippen LogP contribution in [0.15, 0.2) is 43.0 Å². The first-order valence-corrected chi connectivity index (χ1v) is 6.66. The average molecular weight is 243 g/mol. The Hall–Kier alpha value is -1.41. The van der Waals surface area contributed by atoms with Crippen LogP contribution in [0, 0.1) is 11.8 Å². The van der Waals surface area contributed by atoms with E-state index < -0.39 is 0 Å². The molecule has 1 saturated heterocycles. The zero-order valence-corrected chi connectivity index (χ0v) is 10.8. The lowest BCUT2D eigenvalue weighted by Gasteiger charge is -2.36. The van der Waals surface area contributed by atoms with Gasteiger partial charge in [0.25, 0.3) is 0 Å². The minimum Gasteiger partial charge on any atom is -0.303 e. The lowest BCUT2D eigenvalue weighted by molar-refractivity contribution is -0.109. The smallest absolute Gasteiger partial charge is 0.120 e. The van der Waals surface area contributed by atoms with Crippen LogP contribution in [0.3, 0.4) is 0 Å². The van der Waals surface area contributed by atoms with Crippen LogP contribution >= 0.6 is 0 Å². The molecule has 1 aliphatic rings. The molecular weight excluding hydrogens is 222 g/mol. The van der Waals surface area contributed by atoms with Gasteiger partial charge >= 0.3 is 0 Å². The minimum absolute atomic E-state index is 0.452. The minimum atomic E-state index is 0.452. The van der Waals surface area contributed by atoms with Crippen molar-refractivity contribution in [3.63, 3.8) is 0 Å². The first-order valence-electron chi connectivity index (χ1n) is 6.66. The van der Waals surface area contributed by atoms with Gasteiger partial charge in [0.1, 0.15) is 6.29 Å². The molecule has 1 aliphatic heterocycles. The molecule has 2 heteroatoms. The van der Waals surface area contributed by atoms with Gasteiger partial charge in [0.2, 0.25) is 0 Å². The Kier molecular flexibility index (Phi) is 4.71. The highest BCUT2D eigenvalue weighted by molar-refractivity contribution is 5.50. The number of likely N-dealkylation sites (tertiary alicyclic amines) is 1. The second-order valence-corrected chi connectivity index (χ2v) is 5.07. The molecule has 2 nitrogen and oxygen atoms in total. The molecule has 1 aromatic carbocycles. The molecule has 2 rings (SSSR count). The van der Waals surface area contributed by atoms with Crippen molar-refractivity contribution in [2.24, 2.45) is 11.8 Å². The molecule has 2 atom stereocenters. The van der Waals surface area contributed by atoms with Crippen molar-refractivity contribution < 1.29 is 4.79 Å². The number of rotatable bonds is 5. The normalized spacial score (nSPS) is 24.7. The maximum Gasteiger partial charge on any atom is 0.120 e. The van der Waals surface area contributed by atoms with Gasteiger partial charge in [0.05, 0.1) is 0 Å². The van der Waals surface area contributed by atoms with Gasteiger partial charge in [-0.1, -0.05) is 36.4 Å². The molecule has 0 unspecified atom stereocenters. The lowest BCUT2D eigenvalue weighted by Crippen LogP contribution is -2.39. The fourth-order valence-corrected chi connectivity index (χ4v) is 2.77. The van der Waals surface area contributed by atoms with Crippen molar-refractivity contribution in [3.05, 3.63) is 48.6 Å². The van der Waals surface area contributed by atoms with Gasteiger partial charge in [-0.2, -0.15) is 0 Å². The van der Waals surface area contributed by atoms with E-state index in [0.29, 0.717) is 18.3 Å². The fraction of sp³-hybridized carbons (Fsp3) is 0.438. The van der Waals surface area contributed by atoms with Gasteiger partial charge in [0.15, 0.2) is 0 Å². The largest absolute Gasteiger partial charge is 0.303 e. The molecule has 1 aromatic rings. The standard InChI is InChI=1S/C16H21NO/c1-2-15-13-17(10-8-16(15)9-11-18)12-14-6-4-3-5-7-14/h2-7,11,15-16H,1,8-10,12-13H2/t15-,16-/m0/s1. The predicted molar refractivity (Wildman–Crippen MR) is 74.2 cm³/mol. The number of hydrogen-bond donors (Lipinski definition) is 0. The van der Waals surface area contributed by atoms with Crippen molar-refractivity contribution in [1.29, 1.82) is 0 Å². The van der Waals surface area contributed by atoms with Gasteiger partial charge in [-0.25, -0.2) is 0 Å². The monoisotopic (exact) mass is 243 g/mol. The van der Waals surface area contributed by atoms with Crippen molar-refractivity contribution in [1.82, 2.24) is 4.90 Å². The van der Waals surface area contributed by atoms with Crippen LogP contribution in [-0.4, -0.2) is 24.3 Å². The number of benzene rings is 1. The van der Waals surface area contributed by atoms with E-state index in [2.05, 4.69) is 35.7 Å². The van der Waals surface area contributed by atoms with Crippen molar-refractivity contribution in [2.45, 2.75) is 19.4 Å². The number of nitrogens with zero attached hydrogens (tertiary/aromatic N) is 1. The van der Waals surface area contributed by atoms with Gasteiger partial charge < -0.3 is 4.79 Å². The zero-order chi connectivity index (χ0) is 12.8. The third kappa shape index (κ3) is 3.30. The molecule has 0 N–H and O–H groups in total. The van der Waals surface area contributed by atoms with Crippen molar-refractivity contribution in [2.75, 3.05) is 13.1 Å². The zero-order valence-electron chi connectivity index (χ0n) is 10.8. The topological polar surface area (TPSA) is 20.3 Å². The van der Waals surface area contributed by atoms with Crippen LogP contribution in [0.5, 0.6) is 0 Å². The molecule has 0 spiro atoms. The predicted octanol–water partition coefficient (Wildman–Crippen LogP) is 2.90. The van der Waals surface area contributed by atoms with E-state index in [0.717, 1.165) is 32.3 Å². The summed E-state index contributed by atoms with van der Waals surface area (Å²) < 4.78 is 0. The Bertz CT molecular complexity index is 387. The summed E-state index contributed by atoms with van der Waals surface area (Å²) in [6, 6.07) is 10.5. The highest BCUT2D eigenvalue weighted by atomic mass is 16.1. The first-order chi connectivity index (χ1) is 8.83. The second kappa shape index (κ2) is 6.50. The molecule has 1 heterocycles. The highest BCUT2D eigenvalue weighted by Gasteiger charge is 2.26. The number of aldehydes is 1. The maximum atomic E-state index is 10.7. The third-order valence-electron chi connectivity index (χ3n) is 3.84. The van der Waals surface area contributed by atoms with Gasteiger partial charge in [-0.15, -0.1) is 6.58 Å². The molecule has 0 aromatic heterocycles. The van der Waals surface area contributed by atoms with E-state index >= 15 is 0 Å². The van der Waals surface area contributed by atoms with Crippen LogP contribution in [0.25, 0.3) is 0 Å². The van der Waals surface area contributed by atoms with Crippen LogP contribution < -0.4 is 0 Å². The van der Waals surface area contributed by atoms with E-state index in [-0.39, 0.29) is 0 Å². The molecular formula is C16H21NO. The third-order valence-corrected chi connectivity index (χ3v) is 3.84. The first kappa shape index (κ1) is 13.0. The molecule has 1 fully saturated rings. The fourth-order valence-electron chi connectivity index (χ4n) is 2.77. The van der Waals surface area contributed by atoms with Crippen molar-refractivity contribution >= 4 is 6.29 Å². The summed E-state index contributed by atoms with van der Waals surface area (Å²) in [7, 11) is 0. The molecule has 0 amide bonds. The summed E-state index contributed by atoms with van der Waals surface area (Å²) in [5, 5.41) is 0. The summed E-state index contributed by atoms with van der Waals surface area (Å²) in [6.45, 7) is 7.02. The molecule has 0 saturated carbocycles. The SMILES string of the molecule is C=C[C@H]1CN(Cc2ccccc2)CC[C@H]1CC=O. The van der Waals surface area contributed by atoms with E-state index in [1.54, 1.807) is 0 Å². The summed E-state index contributed by atoms with van der Waals surface area (Å²) in [4.78, 5) is 13.1. The quantitative estimate of drug-likeness (QED) is 0.585. The van der Waals surface area contributed by atoms with Crippen molar-refractivity contribution in [3.8, 4) is 0 Å². The Balaban J connectivity index is 1.93. The Labute approximate surface area is 109 Å². The van der Waals surface area contributed by atoms with E-state index in [9.17, 15) is 4.79 Å². The lowest BCUT2D eigenvalue weighted by atomic mass is 9.83. The number of piperidine rings is 1. The molecule has 0 radical (unpaired) electrons.